The molecule has 26 heavy (non-hydrogen) atoms. The SMILES string of the molecule is CN(C)C(CNC(=O)c1ccc(S(=O)(=O)NC2CC2)cc1)c1ccco1. The summed E-state index contributed by atoms with van der Waals surface area (Å²) < 4.78 is 32.4. The number of likely N-dealkylation sites (N-methyl/N-ethyl adjacent to an activating group) is 1. The van der Waals surface area contributed by atoms with Crippen molar-refractivity contribution in [2.45, 2.75) is 29.8 Å². The van der Waals surface area contributed by atoms with Gasteiger partial charge in [0.05, 0.1) is 17.2 Å². The van der Waals surface area contributed by atoms with E-state index in [1.165, 1.54) is 24.3 Å². The lowest BCUT2D eigenvalue weighted by Gasteiger charge is -2.22. The van der Waals surface area contributed by atoms with Crippen molar-refractivity contribution < 1.29 is 17.6 Å². The Hall–Kier alpha value is -2.16. The van der Waals surface area contributed by atoms with Crippen LogP contribution >= 0.6 is 0 Å². The molecule has 1 aliphatic rings. The molecule has 7 nitrogen and oxygen atoms in total. The van der Waals surface area contributed by atoms with Gasteiger partial charge in [-0.3, -0.25) is 9.69 Å². The normalized spacial score (nSPS) is 15.8. The molecule has 1 saturated carbocycles. The Bertz CT molecular complexity index is 841. The molecule has 1 aromatic heterocycles. The van der Waals surface area contributed by atoms with E-state index in [1.54, 1.807) is 6.26 Å². The summed E-state index contributed by atoms with van der Waals surface area (Å²) in [5.74, 6) is 0.505. The number of furan rings is 1. The van der Waals surface area contributed by atoms with Crippen LogP contribution in [0.3, 0.4) is 0 Å². The molecule has 1 heterocycles. The van der Waals surface area contributed by atoms with Gasteiger partial charge in [-0.2, -0.15) is 0 Å². The standard InChI is InChI=1S/C18H23N3O4S/c1-21(2)16(17-4-3-11-25-17)12-19-18(22)13-5-9-15(10-6-13)26(23,24)20-14-7-8-14/h3-6,9-11,14,16,20H,7-8,12H2,1-2H3,(H,19,22). The summed E-state index contributed by atoms with van der Waals surface area (Å²) in [6.07, 6.45) is 3.35. The summed E-state index contributed by atoms with van der Waals surface area (Å²) in [5.41, 5.74) is 0.410. The van der Waals surface area contributed by atoms with Crippen molar-refractivity contribution in [3.63, 3.8) is 0 Å². The summed E-state index contributed by atoms with van der Waals surface area (Å²) in [4.78, 5) is 14.5. The molecule has 3 rings (SSSR count). The second-order valence-corrected chi connectivity index (χ2v) is 8.34. The predicted molar refractivity (Wildman–Crippen MR) is 97.3 cm³/mol. The monoisotopic (exact) mass is 377 g/mol. The van der Waals surface area contributed by atoms with Crippen LogP contribution in [0, 0.1) is 0 Å². The van der Waals surface area contributed by atoms with Crippen LogP contribution < -0.4 is 10.0 Å². The Morgan fingerprint density at radius 1 is 1.23 bits per heavy atom. The van der Waals surface area contributed by atoms with Crippen LogP contribution in [0.25, 0.3) is 0 Å². The third-order valence-corrected chi connectivity index (χ3v) is 5.81. The number of benzene rings is 1. The van der Waals surface area contributed by atoms with Crippen LogP contribution in [-0.4, -0.2) is 45.9 Å². The van der Waals surface area contributed by atoms with E-state index in [0.29, 0.717) is 12.1 Å². The molecule has 0 saturated heterocycles. The minimum atomic E-state index is -3.51. The van der Waals surface area contributed by atoms with Crippen LogP contribution in [-0.2, 0) is 10.0 Å². The van der Waals surface area contributed by atoms with Gasteiger partial charge in [-0.05, 0) is 63.3 Å². The van der Waals surface area contributed by atoms with Gasteiger partial charge in [0.15, 0.2) is 0 Å². The quantitative estimate of drug-likeness (QED) is 0.731. The van der Waals surface area contributed by atoms with E-state index in [2.05, 4.69) is 10.0 Å². The molecule has 1 aromatic carbocycles. The van der Waals surface area contributed by atoms with Crippen molar-refractivity contribution in [1.82, 2.24) is 14.9 Å². The number of rotatable bonds is 8. The van der Waals surface area contributed by atoms with E-state index in [0.717, 1.165) is 18.6 Å². The van der Waals surface area contributed by atoms with Crippen LogP contribution in [0.1, 0.15) is 35.0 Å². The van der Waals surface area contributed by atoms with Gasteiger partial charge in [0.2, 0.25) is 10.0 Å². The van der Waals surface area contributed by atoms with E-state index in [1.807, 2.05) is 31.1 Å². The highest BCUT2D eigenvalue weighted by molar-refractivity contribution is 7.89. The third-order valence-electron chi connectivity index (χ3n) is 4.28. The first-order valence-electron chi connectivity index (χ1n) is 8.47. The van der Waals surface area contributed by atoms with Gasteiger partial charge in [0, 0.05) is 18.2 Å². The number of carbonyl (C=O) groups excluding carboxylic acids is 1. The molecule has 1 aliphatic carbocycles. The molecule has 0 bridgehead atoms. The third kappa shape index (κ3) is 4.51. The maximum absolute atomic E-state index is 12.4. The molecule has 2 aromatic rings. The molecule has 1 atom stereocenters. The van der Waals surface area contributed by atoms with E-state index in [9.17, 15) is 13.2 Å². The van der Waals surface area contributed by atoms with Crippen molar-refractivity contribution in [1.29, 1.82) is 0 Å². The molecule has 8 heteroatoms. The number of carbonyl (C=O) groups is 1. The summed E-state index contributed by atoms with van der Waals surface area (Å²) in [6.45, 7) is 0.378. The van der Waals surface area contributed by atoms with Gasteiger partial charge >= 0.3 is 0 Å². The van der Waals surface area contributed by atoms with Gasteiger partial charge in [0.1, 0.15) is 5.76 Å². The number of nitrogens with one attached hydrogen (secondary N) is 2. The van der Waals surface area contributed by atoms with Crippen molar-refractivity contribution in [2.75, 3.05) is 20.6 Å². The van der Waals surface area contributed by atoms with Crippen molar-refractivity contribution in [3.8, 4) is 0 Å². The second kappa shape index (κ2) is 7.61. The second-order valence-electron chi connectivity index (χ2n) is 6.62. The lowest BCUT2D eigenvalue weighted by Crippen LogP contribution is -2.34. The van der Waals surface area contributed by atoms with Crippen LogP contribution in [0.15, 0.2) is 52.0 Å². The van der Waals surface area contributed by atoms with Crippen LogP contribution in [0.2, 0.25) is 0 Å². The van der Waals surface area contributed by atoms with Crippen molar-refractivity contribution >= 4 is 15.9 Å². The van der Waals surface area contributed by atoms with Gasteiger partial charge in [-0.25, -0.2) is 13.1 Å². The zero-order valence-electron chi connectivity index (χ0n) is 14.8. The summed E-state index contributed by atoms with van der Waals surface area (Å²) in [7, 11) is 0.310. The smallest absolute Gasteiger partial charge is 0.251 e. The minimum Gasteiger partial charge on any atom is -0.468 e. The summed E-state index contributed by atoms with van der Waals surface area (Å²) >= 11 is 0. The summed E-state index contributed by atoms with van der Waals surface area (Å²) in [6, 6.07) is 9.59. The Labute approximate surface area is 153 Å². The first kappa shape index (κ1) is 18.6. The number of nitrogens with zero attached hydrogens (tertiary/aromatic N) is 1. The highest BCUT2D eigenvalue weighted by Crippen LogP contribution is 2.22. The highest BCUT2D eigenvalue weighted by atomic mass is 32.2. The number of hydrogen-bond acceptors (Lipinski definition) is 5. The molecule has 2 N–H and O–H groups in total. The maximum Gasteiger partial charge on any atom is 0.251 e. The highest BCUT2D eigenvalue weighted by Gasteiger charge is 2.28. The largest absolute Gasteiger partial charge is 0.468 e. The summed E-state index contributed by atoms with van der Waals surface area (Å²) in [5, 5.41) is 2.86. The van der Waals surface area contributed by atoms with Gasteiger partial charge in [-0.1, -0.05) is 0 Å². The van der Waals surface area contributed by atoms with Crippen LogP contribution in [0.4, 0.5) is 0 Å². The van der Waals surface area contributed by atoms with Gasteiger partial charge in [0.25, 0.3) is 5.91 Å². The van der Waals surface area contributed by atoms with Crippen molar-refractivity contribution in [2.24, 2.45) is 0 Å². The first-order chi connectivity index (χ1) is 12.4. The molecular formula is C18H23N3O4S. The van der Waals surface area contributed by atoms with Crippen LogP contribution in [0.5, 0.6) is 0 Å². The Morgan fingerprint density at radius 2 is 1.92 bits per heavy atom. The number of sulfonamides is 1. The molecule has 1 amide bonds. The fourth-order valence-electron chi connectivity index (χ4n) is 2.58. The van der Waals surface area contributed by atoms with Crippen molar-refractivity contribution in [3.05, 3.63) is 54.0 Å². The topological polar surface area (TPSA) is 91.7 Å². The predicted octanol–water partition coefficient (Wildman–Crippen LogP) is 1.75. The Balaban J connectivity index is 1.62. The Morgan fingerprint density at radius 3 is 2.46 bits per heavy atom. The number of hydrogen-bond donors (Lipinski definition) is 2. The first-order valence-corrected chi connectivity index (χ1v) is 9.95. The van der Waals surface area contributed by atoms with E-state index >= 15 is 0 Å². The molecule has 1 fully saturated rings. The number of amides is 1. The molecule has 0 spiro atoms. The Kier molecular flexibility index (Phi) is 5.45. The lowest BCUT2D eigenvalue weighted by atomic mass is 10.2. The van der Waals surface area contributed by atoms with E-state index in [4.69, 9.17) is 4.42 Å². The minimum absolute atomic E-state index is 0.0487. The molecule has 1 unspecified atom stereocenters. The average molecular weight is 377 g/mol. The molecule has 0 radical (unpaired) electrons. The van der Waals surface area contributed by atoms with E-state index < -0.39 is 10.0 Å². The average Bonchev–Trinajstić information content (AvgIpc) is 3.23. The molecular weight excluding hydrogens is 354 g/mol. The fraction of sp³-hybridized carbons (Fsp3) is 0.389. The van der Waals surface area contributed by atoms with Gasteiger partial charge < -0.3 is 9.73 Å². The van der Waals surface area contributed by atoms with Gasteiger partial charge in [-0.15, -0.1) is 0 Å². The lowest BCUT2D eigenvalue weighted by molar-refractivity contribution is 0.0939. The zero-order valence-corrected chi connectivity index (χ0v) is 15.6. The zero-order chi connectivity index (χ0) is 18.7. The maximum atomic E-state index is 12.4. The fourth-order valence-corrected chi connectivity index (χ4v) is 3.89. The van der Waals surface area contributed by atoms with E-state index in [-0.39, 0.29) is 22.9 Å². The molecule has 0 aliphatic heterocycles. The molecule has 140 valence electrons.